The Morgan fingerprint density at radius 3 is 3.00 bits per heavy atom. The van der Waals surface area contributed by atoms with Gasteiger partial charge in [-0.15, -0.1) is 0 Å². The highest BCUT2D eigenvalue weighted by Crippen LogP contribution is 2.25. The summed E-state index contributed by atoms with van der Waals surface area (Å²) in [6, 6.07) is 0. The monoisotopic (exact) mass is 209 g/mol. The van der Waals surface area contributed by atoms with Crippen LogP contribution in [-0.2, 0) is 13.5 Å². The van der Waals surface area contributed by atoms with E-state index in [1.54, 1.807) is 6.33 Å². The lowest BCUT2D eigenvalue weighted by Crippen LogP contribution is -2.14. The predicted octanol–water partition coefficient (Wildman–Crippen LogP) is 1.30. The Morgan fingerprint density at radius 1 is 1.47 bits per heavy atom. The van der Waals surface area contributed by atoms with Gasteiger partial charge in [-0.25, -0.2) is 4.98 Å². The third-order valence-corrected chi connectivity index (χ3v) is 3.28. The first-order valence-electron chi connectivity index (χ1n) is 5.76. The summed E-state index contributed by atoms with van der Waals surface area (Å²) in [7, 11) is 1.93. The molecule has 1 aliphatic carbocycles. The SMILES string of the molecule is Cn1ncnc1CC1CCCCC(O)C1. The molecule has 1 aromatic rings. The van der Waals surface area contributed by atoms with Gasteiger partial charge in [-0.2, -0.15) is 5.10 Å². The summed E-state index contributed by atoms with van der Waals surface area (Å²) in [5, 5.41) is 13.8. The van der Waals surface area contributed by atoms with Gasteiger partial charge in [0.1, 0.15) is 12.2 Å². The Bertz CT molecular complexity index is 311. The van der Waals surface area contributed by atoms with Crippen LogP contribution in [0.5, 0.6) is 0 Å². The molecule has 1 N–H and O–H groups in total. The fourth-order valence-electron chi connectivity index (χ4n) is 2.38. The van der Waals surface area contributed by atoms with Crippen LogP contribution in [0, 0.1) is 5.92 Å². The summed E-state index contributed by atoms with van der Waals surface area (Å²) in [6.07, 6.45) is 7.95. The van der Waals surface area contributed by atoms with E-state index in [1.165, 1.54) is 12.8 Å². The lowest BCUT2D eigenvalue weighted by molar-refractivity contribution is 0.140. The lowest BCUT2D eigenvalue weighted by atomic mass is 9.95. The lowest BCUT2D eigenvalue weighted by Gasteiger charge is -2.15. The third-order valence-electron chi connectivity index (χ3n) is 3.28. The van der Waals surface area contributed by atoms with Crippen LogP contribution in [0.3, 0.4) is 0 Å². The second-order valence-electron chi connectivity index (χ2n) is 4.54. The van der Waals surface area contributed by atoms with E-state index < -0.39 is 0 Å². The van der Waals surface area contributed by atoms with E-state index in [4.69, 9.17) is 0 Å². The summed E-state index contributed by atoms with van der Waals surface area (Å²) in [6.45, 7) is 0. The van der Waals surface area contributed by atoms with E-state index in [0.29, 0.717) is 5.92 Å². The Hall–Kier alpha value is -0.900. The van der Waals surface area contributed by atoms with Crippen molar-refractivity contribution in [2.75, 3.05) is 0 Å². The number of hydrogen-bond donors (Lipinski definition) is 1. The fraction of sp³-hybridized carbons (Fsp3) is 0.818. The molecule has 1 heterocycles. The van der Waals surface area contributed by atoms with Crippen LogP contribution >= 0.6 is 0 Å². The first-order valence-corrected chi connectivity index (χ1v) is 5.76. The number of aryl methyl sites for hydroxylation is 1. The van der Waals surface area contributed by atoms with Crippen molar-refractivity contribution in [2.24, 2.45) is 13.0 Å². The molecule has 4 nitrogen and oxygen atoms in total. The number of hydrogen-bond acceptors (Lipinski definition) is 3. The summed E-state index contributed by atoms with van der Waals surface area (Å²) in [5.41, 5.74) is 0. The molecule has 0 spiro atoms. The molecule has 1 saturated carbocycles. The van der Waals surface area contributed by atoms with E-state index in [2.05, 4.69) is 10.1 Å². The molecule has 0 amide bonds. The van der Waals surface area contributed by atoms with Gasteiger partial charge in [-0.1, -0.05) is 12.8 Å². The molecule has 1 fully saturated rings. The van der Waals surface area contributed by atoms with Crippen LogP contribution in [0.25, 0.3) is 0 Å². The standard InChI is InChI=1S/C11H19N3O/c1-14-11(12-8-13-14)7-9-4-2-3-5-10(15)6-9/h8-10,15H,2-7H2,1H3. The fourth-order valence-corrected chi connectivity index (χ4v) is 2.38. The molecular formula is C11H19N3O. The average molecular weight is 209 g/mol. The first kappa shape index (κ1) is 10.6. The van der Waals surface area contributed by atoms with Gasteiger partial charge in [0.15, 0.2) is 0 Å². The van der Waals surface area contributed by atoms with Gasteiger partial charge in [0, 0.05) is 13.5 Å². The number of aromatic nitrogens is 3. The van der Waals surface area contributed by atoms with Crippen LogP contribution in [0.4, 0.5) is 0 Å². The van der Waals surface area contributed by atoms with E-state index in [1.807, 2.05) is 11.7 Å². The number of aliphatic hydroxyl groups is 1. The predicted molar refractivity (Wildman–Crippen MR) is 57.3 cm³/mol. The van der Waals surface area contributed by atoms with Gasteiger partial charge in [-0.05, 0) is 25.2 Å². The molecule has 15 heavy (non-hydrogen) atoms. The Balaban J connectivity index is 1.96. The highest BCUT2D eigenvalue weighted by atomic mass is 16.3. The number of rotatable bonds is 2. The van der Waals surface area contributed by atoms with Crippen molar-refractivity contribution in [3.63, 3.8) is 0 Å². The van der Waals surface area contributed by atoms with Crippen molar-refractivity contribution in [1.29, 1.82) is 0 Å². The van der Waals surface area contributed by atoms with Crippen molar-refractivity contribution in [1.82, 2.24) is 14.8 Å². The van der Waals surface area contributed by atoms with Crippen molar-refractivity contribution < 1.29 is 5.11 Å². The Kier molecular flexibility index (Phi) is 3.36. The molecule has 0 saturated heterocycles. The summed E-state index contributed by atoms with van der Waals surface area (Å²) >= 11 is 0. The maximum absolute atomic E-state index is 9.71. The van der Waals surface area contributed by atoms with Gasteiger partial charge in [-0.3, -0.25) is 4.68 Å². The molecule has 1 aliphatic rings. The smallest absolute Gasteiger partial charge is 0.138 e. The highest BCUT2D eigenvalue weighted by molar-refractivity contribution is 4.87. The molecule has 4 heteroatoms. The summed E-state index contributed by atoms with van der Waals surface area (Å²) < 4.78 is 1.83. The van der Waals surface area contributed by atoms with Crippen molar-refractivity contribution in [3.05, 3.63) is 12.2 Å². The van der Waals surface area contributed by atoms with Crippen LogP contribution in [0.15, 0.2) is 6.33 Å². The Labute approximate surface area is 90.3 Å². The third kappa shape index (κ3) is 2.78. The molecule has 84 valence electrons. The quantitative estimate of drug-likeness (QED) is 0.747. The maximum atomic E-state index is 9.71. The van der Waals surface area contributed by atoms with Crippen molar-refractivity contribution in [2.45, 2.75) is 44.6 Å². The van der Waals surface area contributed by atoms with Crippen LogP contribution < -0.4 is 0 Å². The van der Waals surface area contributed by atoms with E-state index in [-0.39, 0.29) is 6.10 Å². The first-order chi connectivity index (χ1) is 7.25. The molecule has 0 aromatic carbocycles. The van der Waals surface area contributed by atoms with Crippen LogP contribution in [0.2, 0.25) is 0 Å². The zero-order valence-electron chi connectivity index (χ0n) is 9.26. The maximum Gasteiger partial charge on any atom is 0.138 e. The Morgan fingerprint density at radius 2 is 2.27 bits per heavy atom. The topological polar surface area (TPSA) is 50.9 Å². The average Bonchev–Trinajstić information content (AvgIpc) is 2.48. The van der Waals surface area contributed by atoms with E-state index in [0.717, 1.165) is 31.5 Å². The van der Waals surface area contributed by atoms with Crippen molar-refractivity contribution in [3.8, 4) is 0 Å². The second kappa shape index (κ2) is 4.75. The highest BCUT2D eigenvalue weighted by Gasteiger charge is 2.20. The van der Waals surface area contributed by atoms with Gasteiger partial charge < -0.3 is 5.11 Å². The van der Waals surface area contributed by atoms with E-state index >= 15 is 0 Å². The van der Waals surface area contributed by atoms with Gasteiger partial charge in [0.05, 0.1) is 6.10 Å². The van der Waals surface area contributed by atoms with Crippen LogP contribution in [0.1, 0.15) is 37.9 Å². The van der Waals surface area contributed by atoms with Gasteiger partial charge in [0.2, 0.25) is 0 Å². The molecule has 0 aliphatic heterocycles. The van der Waals surface area contributed by atoms with Gasteiger partial charge in [0.25, 0.3) is 0 Å². The summed E-state index contributed by atoms with van der Waals surface area (Å²) in [5.74, 6) is 1.61. The molecular weight excluding hydrogens is 190 g/mol. The molecule has 2 atom stereocenters. The molecule has 0 radical (unpaired) electrons. The molecule has 2 rings (SSSR count). The number of nitrogens with zero attached hydrogens (tertiary/aromatic N) is 3. The summed E-state index contributed by atoms with van der Waals surface area (Å²) in [4.78, 5) is 4.24. The molecule has 0 bridgehead atoms. The zero-order valence-corrected chi connectivity index (χ0v) is 9.26. The van der Waals surface area contributed by atoms with Crippen molar-refractivity contribution >= 4 is 0 Å². The molecule has 2 unspecified atom stereocenters. The largest absolute Gasteiger partial charge is 0.393 e. The minimum atomic E-state index is -0.106. The van der Waals surface area contributed by atoms with E-state index in [9.17, 15) is 5.11 Å². The van der Waals surface area contributed by atoms with Gasteiger partial charge >= 0.3 is 0 Å². The van der Waals surface area contributed by atoms with Crippen LogP contribution in [-0.4, -0.2) is 26.0 Å². The zero-order chi connectivity index (χ0) is 10.7. The number of aliphatic hydroxyl groups excluding tert-OH is 1. The molecule has 1 aromatic heterocycles. The minimum absolute atomic E-state index is 0.106. The minimum Gasteiger partial charge on any atom is -0.393 e. The second-order valence-corrected chi connectivity index (χ2v) is 4.54. The normalized spacial score (nSPS) is 27.6.